The smallest absolute Gasteiger partial charge is 0.293 e. The Morgan fingerprint density at radius 3 is 2.67 bits per heavy atom. The molecule has 1 aliphatic heterocycles. The molecule has 7 nitrogen and oxygen atoms in total. The summed E-state index contributed by atoms with van der Waals surface area (Å²) in [5.74, 6) is -0.344. The van der Waals surface area contributed by atoms with Gasteiger partial charge < -0.3 is 10.2 Å². The van der Waals surface area contributed by atoms with E-state index in [4.69, 9.17) is 0 Å². The number of rotatable bonds is 7. The molecule has 0 radical (unpaired) electrons. The predicted molar refractivity (Wildman–Crippen MR) is 117 cm³/mol. The minimum atomic E-state index is -0.416. The summed E-state index contributed by atoms with van der Waals surface area (Å²) in [6.07, 6.45) is 2.81. The lowest BCUT2D eigenvalue weighted by Gasteiger charge is -2.17. The maximum Gasteiger partial charge on any atom is 0.293 e. The van der Waals surface area contributed by atoms with Gasteiger partial charge in [0.05, 0.1) is 22.2 Å². The average molecular weight is 423 g/mol. The van der Waals surface area contributed by atoms with Gasteiger partial charge in [0, 0.05) is 36.5 Å². The summed E-state index contributed by atoms with van der Waals surface area (Å²) in [5.41, 5.74) is 2.81. The number of nitrogens with one attached hydrogen (secondary N) is 1. The van der Waals surface area contributed by atoms with Crippen LogP contribution in [0, 0.1) is 10.1 Å². The van der Waals surface area contributed by atoms with Crippen molar-refractivity contribution < 1.29 is 9.72 Å². The van der Waals surface area contributed by atoms with Crippen LogP contribution in [-0.4, -0.2) is 28.9 Å². The number of hydrogen-bond donors (Lipinski definition) is 1. The van der Waals surface area contributed by atoms with Crippen LogP contribution in [0.2, 0.25) is 0 Å². The summed E-state index contributed by atoms with van der Waals surface area (Å²) in [6, 6.07) is 14.8. The van der Waals surface area contributed by atoms with Crippen molar-refractivity contribution >= 4 is 28.6 Å². The fourth-order valence-electron chi connectivity index (χ4n) is 3.59. The van der Waals surface area contributed by atoms with Crippen LogP contribution in [0.3, 0.4) is 0 Å². The topological polar surface area (TPSA) is 88.4 Å². The van der Waals surface area contributed by atoms with Crippen molar-refractivity contribution in [3.63, 3.8) is 0 Å². The molecule has 0 saturated carbocycles. The quantitative estimate of drug-likeness (QED) is 0.456. The number of hydrogen-bond acceptors (Lipinski definition) is 6. The van der Waals surface area contributed by atoms with Gasteiger partial charge in [-0.15, -0.1) is 11.3 Å². The van der Waals surface area contributed by atoms with Gasteiger partial charge >= 0.3 is 0 Å². The van der Waals surface area contributed by atoms with Crippen LogP contribution in [0.15, 0.2) is 53.9 Å². The number of carbonyl (C=O) groups excluding carboxylic acids is 1. The third-order valence-corrected chi connectivity index (χ3v) is 6.01. The number of thiazole rings is 1. The van der Waals surface area contributed by atoms with Gasteiger partial charge in [-0.25, -0.2) is 4.98 Å². The van der Waals surface area contributed by atoms with Crippen molar-refractivity contribution in [1.82, 2.24) is 10.3 Å². The molecule has 0 bridgehead atoms. The van der Waals surface area contributed by atoms with E-state index in [0.29, 0.717) is 5.69 Å². The summed E-state index contributed by atoms with van der Waals surface area (Å²) >= 11 is 1.56. The summed E-state index contributed by atoms with van der Waals surface area (Å²) in [6.45, 7) is 1.90. The van der Waals surface area contributed by atoms with E-state index in [9.17, 15) is 14.9 Å². The summed E-state index contributed by atoms with van der Waals surface area (Å²) in [7, 11) is 0. The number of carbonyl (C=O) groups is 1. The first-order valence-electron chi connectivity index (χ1n) is 9.89. The Kier molecular flexibility index (Phi) is 6.04. The van der Waals surface area contributed by atoms with Crippen LogP contribution in [-0.2, 0) is 13.0 Å². The number of nitrogens with zero attached hydrogens (tertiary/aromatic N) is 3. The molecule has 1 N–H and O–H groups in total. The Labute approximate surface area is 178 Å². The maximum atomic E-state index is 12.6. The highest BCUT2D eigenvalue weighted by Gasteiger charge is 2.23. The van der Waals surface area contributed by atoms with Gasteiger partial charge in [-0.3, -0.25) is 14.9 Å². The Bertz CT molecular complexity index is 1050. The van der Waals surface area contributed by atoms with Crippen molar-refractivity contribution in [3.8, 4) is 0 Å². The van der Waals surface area contributed by atoms with E-state index in [1.807, 2.05) is 28.5 Å². The molecule has 1 saturated heterocycles. The molecule has 8 heteroatoms. The molecule has 2 heterocycles. The van der Waals surface area contributed by atoms with Gasteiger partial charge in [0.1, 0.15) is 5.69 Å². The second-order valence-corrected chi connectivity index (χ2v) is 8.18. The molecule has 2 aromatic carbocycles. The number of benzene rings is 2. The standard InChI is InChI=1S/C22H22N4O3S/c27-22(17-8-9-19(20(13-17)26(28)29)25-10-4-5-11-25)23-14-18-15-30-21(24-18)12-16-6-2-1-3-7-16/h1-3,6-9,13,15H,4-5,10-12,14H2,(H,23,27). The van der Waals surface area contributed by atoms with Crippen molar-refractivity contribution in [3.05, 3.63) is 85.9 Å². The Morgan fingerprint density at radius 1 is 1.17 bits per heavy atom. The van der Waals surface area contributed by atoms with Crippen LogP contribution < -0.4 is 10.2 Å². The molecule has 0 atom stereocenters. The zero-order valence-electron chi connectivity index (χ0n) is 16.4. The van der Waals surface area contributed by atoms with Crippen molar-refractivity contribution in [2.24, 2.45) is 0 Å². The monoisotopic (exact) mass is 422 g/mol. The minimum Gasteiger partial charge on any atom is -0.366 e. The molecule has 0 unspecified atom stereocenters. The molecule has 4 rings (SSSR count). The number of anilines is 1. The van der Waals surface area contributed by atoms with E-state index in [1.165, 1.54) is 11.6 Å². The molecule has 0 spiro atoms. The Morgan fingerprint density at radius 2 is 1.93 bits per heavy atom. The first kappa shape index (κ1) is 20.0. The average Bonchev–Trinajstić information content (AvgIpc) is 3.44. The van der Waals surface area contributed by atoms with Crippen molar-refractivity contribution in [2.45, 2.75) is 25.8 Å². The number of amides is 1. The molecular formula is C22H22N4O3S. The van der Waals surface area contributed by atoms with Crippen molar-refractivity contribution in [1.29, 1.82) is 0 Å². The number of nitro benzene ring substituents is 1. The second kappa shape index (κ2) is 9.04. The van der Waals surface area contributed by atoms with Crippen LogP contribution in [0.1, 0.15) is 39.5 Å². The van der Waals surface area contributed by atoms with Crippen molar-refractivity contribution in [2.75, 3.05) is 18.0 Å². The van der Waals surface area contributed by atoms with Gasteiger partial charge in [-0.1, -0.05) is 30.3 Å². The molecule has 30 heavy (non-hydrogen) atoms. The van der Waals surface area contributed by atoms with Crippen LogP contribution in [0.5, 0.6) is 0 Å². The highest BCUT2D eigenvalue weighted by Crippen LogP contribution is 2.31. The fourth-order valence-corrected chi connectivity index (χ4v) is 4.42. The summed E-state index contributed by atoms with van der Waals surface area (Å²) in [5, 5.41) is 17.3. The normalized spacial score (nSPS) is 13.4. The minimum absolute atomic E-state index is 0.0247. The predicted octanol–water partition coefficient (Wildman–Crippen LogP) is 4.17. The van der Waals surface area contributed by atoms with E-state index < -0.39 is 4.92 Å². The highest BCUT2D eigenvalue weighted by molar-refractivity contribution is 7.09. The molecule has 154 valence electrons. The fraction of sp³-hybridized carbons (Fsp3) is 0.273. The number of aromatic nitrogens is 1. The van der Waals surface area contributed by atoms with Gasteiger partial charge in [0.25, 0.3) is 11.6 Å². The van der Waals surface area contributed by atoms with Gasteiger partial charge in [0.15, 0.2) is 0 Å². The number of nitro groups is 1. The molecule has 1 aliphatic rings. The molecule has 0 aliphatic carbocycles. The van der Waals surface area contributed by atoms with Crippen LogP contribution in [0.4, 0.5) is 11.4 Å². The molecule has 1 aromatic heterocycles. The highest BCUT2D eigenvalue weighted by atomic mass is 32.1. The third-order valence-electron chi connectivity index (χ3n) is 5.11. The maximum absolute atomic E-state index is 12.6. The third kappa shape index (κ3) is 4.65. The Balaban J connectivity index is 1.40. The van der Waals surface area contributed by atoms with E-state index in [-0.39, 0.29) is 23.7 Å². The Hall–Kier alpha value is -3.26. The first-order valence-corrected chi connectivity index (χ1v) is 10.8. The van der Waals surface area contributed by atoms with E-state index in [2.05, 4.69) is 22.4 Å². The largest absolute Gasteiger partial charge is 0.366 e. The van der Waals surface area contributed by atoms with Crippen LogP contribution in [0.25, 0.3) is 0 Å². The van der Waals surface area contributed by atoms with E-state index in [1.54, 1.807) is 23.5 Å². The zero-order chi connectivity index (χ0) is 20.9. The zero-order valence-corrected chi connectivity index (χ0v) is 17.2. The van der Waals surface area contributed by atoms with Gasteiger partial charge in [0.2, 0.25) is 0 Å². The SMILES string of the molecule is O=C(NCc1csc(Cc2ccccc2)n1)c1ccc(N2CCCC2)c([N+](=O)[O-])c1. The molecule has 1 amide bonds. The van der Waals surface area contributed by atoms with E-state index >= 15 is 0 Å². The molecular weight excluding hydrogens is 400 g/mol. The summed E-state index contributed by atoms with van der Waals surface area (Å²) < 4.78 is 0. The summed E-state index contributed by atoms with van der Waals surface area (Å²) in [4.78, 5) is 30.2. The lowest BCUT2D eigenvalue weighted by atomic mass is 10.1. The molecule has 1 fully saturated rings. The lowest BCUT2D eigenvalue weighted by Crippen LogP contribution is -2.24. The van der Waals surface area contributed by atoms with Crippen LogP contribution >= 0.6 is 11.3 Å². The van der Waals surface area contributed by atoms with Gasteiger partial charge in [-0.2, -0.15) is 0 Å². The van der Waals surface area contributed by atoms with Gasteiger partial charge in [-0.05, 0) is 30.5 Å². The van der Waals surface area contributed by atoms with E-state index in [0.717, 1.165) is 43.1 Å². The molecule has 3 aromatic rings. The lowest BCUT2D eigenvalue weighted by molar-refractivity contribution is -0.384. The first-order chi connectivity index (χ1) is 14.6. The second-order valence-electron chi connectivity index (χ2n) is 7.23.